The second-order valence-electron chi connectivity index (χ2n) is 5.02. The number of rotatable bonds is 4. The highest BCUT2D eigenvalue weighted by Gasteiger charge is 2.25. The maximum absolute atomic E-state index is 6.22. The Labute approximate surface area is 108 Å². The van der Waals surface area contributed by atoms with Crippen LogP contribution < -0.4 is 5.32 Å². The van der Waals surface area contributed by atoms with Crippen LogP contribution in [-0.2, 0) is 5.41 Å². The van der Waals surface area contributed by atoms with Crippen molar-refractivity contribution in [1.29, 1.82) is 0 Å². The normalized spacial score (nSPS) is 12.2. The molecule has 0 amide bonds. The fraction of sp³-hybridized carbons (Fsp3) is 0.538. The summed E-state index contributed by atoms with van der Waals surface area (Å²) in [6.45, 7) is 9.41. The first kappa shape index (κ1) is 13.8. The van der Waals surface area contributed by atoms with E-state index >= 15 is 0 Å². The van der Waals surface area contributed by atoms with Gasteiger partial charge in [0, 0.05) is 28.0 Å². The summed E-state index contributed by atoms with van der Waals surface area (Å²) < 4.78 is 0. The van der Waals surface area contributed by atoms with Crippen LogP contribution in [0.2, 0.25) is 10.0 Å². The zero-order valence-corrected chi connectivity index (χ0v) is 11.8. The maximum atomic E-state index is 6.22. The summed E-state index contributed by atoms with van der Waals surface area (Å²) >= 11 is 12.4. The molecule has 0 fully saturated rings. The molecule has 0 aromatic heterocycles. The predicted molar refractivity (Wildman–Crippen MR) is 72.6 cm³/mol. The van der Waals surface area contributed by atoms with E-state index in [0.717, 1.165) is 22.2 Å². The van der Waals surface area contributed by atoms with Crippen molar-refractivity contribution < 1.29 is 0 Å². The Morgan fingerprint density at radius 1 is 1.19 bits per heavy atom. The van der Waals surface area contributed by atoms with Gasteiger partial charge in [0.2, 0.25) is 0 Å². The summed E-state index contributed by atoms with van der Waals surface area (Å²) in [4.78, 5) is 0. The van der Waals surface area contributed by atoms with Crippen molar-refractivity contribution in [3.63, 3.8) is 0 Å². The number of hydrogen-bond donors (Lipinski definition) is 1. The fourth-order valence-corrected chi connectivity index (χ4v) is 2.60. The third-order valence-corrected chi connectivity index (χ3v) is 3.22. The molecule has 0 aliphatic heterocycles. The monoisotopic (exact) mass is 259 g/mol. The Kier molecular flexibility index (Phi) is 4.66. The van der Waals surface area contributed by atoms with Crippen molar-refractivity contribution >= 4 is 23.2 Å². The van der Waals surface area contributed by atoms with Gasteiger partial charge in [-0.1, -0.05) is 57.0 Å². The first-order chi connectivity index (χ1) is 7.34. The number of nitrogens with one attached hydrogen (secondary N) is 1. The van der Waals surface area contributed by atoms with Crippen LogP contribution in [0.1, 0.15) is 33.3 Å². The van der Waals surface area contributed by atoms with Crippen LogP contribution in [0.15, 0.2) is 18.2 Å². The van der Waals surface area contributed by atoms with Crippen LogP contribution in [0.3, 0.4) is 0 Å². The molecule has 0 saturated heterocycles. The van der Waals surface area contributed by atoms with Gasteiger partial charge in [-0.2, -0.15) is 0 Å². The Morgan fingerprint density at radius 3 is 2.12 bits per heavy atom. The second kappa shape index (κ2) is 5.39. The van der Waals surface area contributed by atoms with Crippen molar-refractivity contribution in [3.05, 3.63) is 33.8 Å². The lowest BCUT2D eigenvalue weighted by Crippen LogP contribution is -2.37. The molecule has 16 heavy (non-hydrogen) atoms. The van der Waals surface area contributed by atoms with Crippen LogP contribution in [0, 0.1) is 0 Å². The summed E-state index contributed by atoms with van der Waals surface area (Å²) in [5, 5.41) is 4.90. The Morgan fingerprint density at radius 2 is 1.69 bits per heavy atom. The average Bonchev–Trinajstić information content (AvgIpc) is 2.14. The summed E-state index contributed by atoms with van der Waals surface area (Å²) in [5.74, 6) is 0. The first-order valence-electron chi connectivity index (χ1n) is 5.52. The molecule has 0 heterocycles. The van der Waals surface area contributed by atoms with Gasteiger partial charge in [-0.15, -0.1) is 0 Å². The maximum Gasteiger partial charge on any atom is 0.0458 e. The molecule has 1 aromatic rings. The molecule has 90 valence electrons. The Bertz CT molecular complexity index is 339. The van der Waals surface area contributed by atoms with E-state index in [4.69, 9.17) is 23.2 Å². The molecular formula is C13H19Cl2N. The van der Waals surface area contributed by atoms with Gasteiger partial charge in [0.05, 0.1) is 0 Å². The van der Waals surface area contributed by atoms with Gasteiger partial charge < -0.3 is 5.32 Å². The van der Waals surface area contributed by atoms with Crippen LogP contribution in [0.5, 0.6) is 0 Å². The van der Waals surface area contributed by atoms with Crippen molar-refractivity contribution in [2.75, 3.05) is 6.54 Å². The molecule has 1 rings (SSSR count). The SMILES string of the molecule is CC(C)NCC(C)(C)c1c(Cl)cccc1Cl. The molecule has 0 radical (unpaired) electrons. The second-order valence-corrected chi connectivity index (χ2v) is 5.83. The summed E-state index contributed by atoms with van der Waals surface area (Å²) in [6, 6.07) is 6.11. The first-order valence-corrected chi connectivity index (χ1v) is 6.28. The van der Waals surface area contributed by atoms with Crippen LogP contribution >= 0.6 is 23.2 Å². The van der Waals surface area contributed by atoms with E-state index in [-0.39, 0.29) is 5.41 Å². The molecule has 0 aliphatic carbocycles. The van der Waals surface area contributed by atoms with E-state index in [1.54, 1.807) is 0 Å². The van der Waals surface area contributed by atoms with E-state index < -0.39 is 0 Å². The minimum absolute atomic E-state index is 0.0697. The molecular weight excluding hydrogens is 241 g/mol. The molecule has 0 aliphatic rings. The molecule has 0 bridgehead atoms. The van der Waals surface area contributed by atoms with Crippen molar-refractivity contribution in [2.24, 2.45) is 0 Å². The third kappa shape index (κ3) is 3.38. The van der Waals surface area contributed by atoms with Gasteiger partial charge in [0.15, 0.2) is 0 Å². The summed E-state index contributed by atoms with van der Waals surface area (Å²) in [5.41, 5.74) is 0.950. The Hall–Kier alpha value is -0.240. The van der Waals surface area contributed by atoms with Crippen molar-refractivity contribution in [3.8, 4) is 0 Å². The average molecular weight is 260 g/mol. The van der Waals surface area contributed by atoms with Gasteiger partial charge in [-0.25, -0.2) is 0 Å². The zero-order chi connectivity index (χ0) is 12.3. The molecule has 0 atom stereocenters. The molecule has 3 heteroatoms. The quantitative estimate of drug-likeness (QED) is 0.852. The number of halogens is 2. The standard InChI is InChI=1S/C13H19Cl2N/c1-9(2)16-8-13(3,4)12-10(14)6-5-7-11(12)15/h5-7,9,16H,8H2,1-4H3. The molecule has 1 aromatic carbocycles. The van der Waals surface area contributed by atoms with Gasteiger partial charge in [-0.05, 0) is 17.7 Å². The molecule has 1 N–H and O–H groups in total. The van der Waals surface area contributed by atoms with E-state index in [2.05, 4.69) is 33.0 Å². The molecule has 0 spiro atoms. The van der Waals surface area contributed by atoms with Gasteiger partial charge in [0.1, 0.15) is 0 Å². The van der Waals surface area contributed by atoms with Crippen LogP contribution in [0.25, 0.3) is 0 Å². The van der Waals surface area contributed by atoms with Gasteiger partial charge >= 0.3 is 0 Å². The number of hydrogen-bond acceptors (Lipinski definition) is 1. The van der Waals surface area contributed by atoms with Crippen molar-refractivity contribution in [1.82, 2.24) is 5.32 Å². The number of benzene rings is 1. The molecule has 0 unspecified atom stereocenters. The van der Waals surface area contributed by atoms with E-state index in [1.165, 1.54) is 0 Å². The smallest absolute Gasteiger partial charge is 0.0458 e. The van der Waals surface area contributed by atoms with Gasteiger partial charge in [0.25, 0.3) is 0 Å². The topological polar surface area (TPSA) is 12.0 Å². The molecule has 1 nitrogen and oxygen atoms in total. The van der Waals surface area contributed by atoms with E-state index in [0.29, 0.717) is 6.04 Å². The van der Waals surface area contributed by atoms with E-state index in [9.17, 15) is 0 Å². The molecule has 0 saturated carbocycles. The van der Waals surface area contributed by atoms with Gasteiger partial charge in [-0.3, -0.25) is 0 Å². The lowest BCUT2D eigenvalue weighted by atomic mass is 9.84. The lowest BCUT2D eigenvalue weighted by Gasteiger charge is -2.28. The minimum Gasteiger partial charge on any atom is -0.314 e. The van der Waals surface area contributed by atoms with Crippen LogP contribution in [-0.4, -0.2) is 12.6 Å². The largest absolute Gasteiger partial charge is 0.314 e. The zero-order valence-electron chi connectivity index (χ0n) is 10.3. The highest BCUT2D eigenvalue weighted by atomic mass is 35.5. The fourth-order valence-electron chi connectivity index (χ4n) is 1.69. The third-order valence-electron chi connectivity index (χ3n) is 2.59. The Balaban J connectivity index is 2.97. The minimum atomic E-state index is -0.0697. The van der Waals surface area contributed by atoms with Crippen LogP contribution in [0.4, 0.5) is 0 Å². The summed E-state index contributed by atoms with van der Waals surface area (Å²) in [6.07, 6.45) is 0. The highest BCUT2D eigenvalue weighted by Crippen LogP contribution is 2.35. The lowest BCUT2D eigenvalue weighted by molar-refractivity contribution is 0.442. The van der Waals surface area contributed by atoms with E-state index in [1.807, 2.05) is 18.2 Å². The predicted octanol–water partition coefficient (Wildman–Crippen LogP) is 4.27. The summed E-state index contributed by atoms with van der Waals surface area (Å²) in [7, 11) is 0. The van der Waals surface area contributed by atoms with Crippen molar-refractivity contribution in [2.45, 2.75) is 39.2 Å². The highest BCUT2D eigenvalue weighted by molar-refractivity contribution is 6.36.